The monoisotopic (exact) mass is 345 g/mol. The van der Waals surface area contributed by atoms with Crippen LogP contribution in [0.4, 0.5) is 0 Å². The van der Waals surface area contributed by atoms with Gasteiger partial charge in [-0.1, -0.05) is 14.9 Å². The summed E-state index contributed by atoms with van der Waals surface area (Å²) < 4.78 is 9.70. The predicted molar refractivity (Wildman–Crippen MR) is 77.2 cm³/mol. The summed E-state index contributed by atoms with van der Waals surface area (Å²) in [7, 11) is 2.64. The van der Waals surface area contributed by atoms with E-state index in [9.17, 15) is 0 Å². The molecule has 0 atom stereocenters. The van der Waals surface area contributed by atoms with Crippen LogP contribution in [0, 0.1) is 0 Å². The van der Waals surface area contributed by atoms with Crippen molar-refractivity contribution < 1.29 is 41.6 Å². The first-order valence-electron chi connectivity index (χ1n) is 4.10. The fourth-order valence-electron chi connectivity index (χ4n) is 0. The molecule has 16 heavy (non-hydrogen) atoms. The van der Waals surface area contributed by atoms with Crippen LogP contribution < -0.4 is 5.73 Å². The molecule has 0 aromatic heterocycles. The first-order valence-corrected chi connectivity index (χ1v) is 9.13. The van der Waals surface area contributed by atoms with E-state index < -0.39 is 8.32 Å². The molecular weight excluding hydrogens is 313 g/mol. The Morgan fingerprint density at radius 3 is 1.31 bits per heavy atom. The summed E-state index contributed by atoms with van der Waals surface area (Å²) in [4.78, 5) is 0. The maximum atomic E-state index is 5.99. The Hall–Kier alpha value is 1.38. The van der Waals surface area contributed by atoms with Crippen molar-refractivity contribution >= 4 is 18.1 Å². The van der Waals surface area contributed by atoms with E-state index in [-0.39, 0.29) is 64.0 Å². The van der Waals surface area contributed by atoms with Crippen molar-refractivity contribution in [1.82, 2.24) is 0 Å². The molecule has 0 aromatic rings. The van der Waals surface area contributed by atoms with Crippen molar-refractivity contribution in [3.8, 4) is 0 Å². The Morgan fingerprint density at radius 2 is 1.31 bits per heavy atom. The minimum Gasteiger partial charge on any atom is -0.665 e. The Labute approximate surface area is 132 Å². The second-order valence-electron chi connectivity index (χ2n) is 2.99. The maximum absolute atomic E-state index is 5.99. The average molecular weight is 345 g/mol. The largest absolute Gasteiger partial charge is 0.665 e. The van der Waals surface area contributed by atoms with E-state index >= 15 is 0 Å². The zero-order valence-electron chi connectivity index (χ0n) is 10.3. The third-order valence-electron chi connectivity index (χ3n) is 0.848. The summed E-state index contributed by atoms with van der Waals surface area (Å²) in [5, 5.41) is 0. The Kier molecular flexibility index (Phi) is 67.3. The molecule has 0 aliphatic heterocycles. The van der Waals surface area contributed by atoms with E-state index in [0.29, 0.717) is 0 Å². The van der Waals surface area contributed by atoms with Gasteiger partial charge in [0.15, 0.2) is 18.1 Å². The first-order chi connectivity index (χ1) is 5.89. The third-order valence-corrected chi connectivity index (χ3v) is 2.54. The molecule has 2 radical (unpaired) electrons. The van der Waals surface area contributed by atoms with E-state index in [1.807, 2.05) is 6.55 Å². The zero-order valence-corrected chi connectivity index (χ0v) is 15.2. The van der Waals surface area contributed by atoms with Gasteiger partial charge >= 0.3 is 0 Å². The van der Waals surface area contributed by atoms with Crippen molar-refractivity contribution in [2.75, 3.05) is 20.9 Å². The van der Waals surface area contributed by atoms with Crippen LogP contribution in [0.3, 0.4) is 0 Å². The topological polar surface area (TPSA) is 68.3 Å². The molecule has 0 unspecified atom stereocenters. The Bertz CT molecular complexity index is 84.4. The van der Waals surface area contributed by atoms with Gasteiger partial charge in [-0.3, -0.25) is 0 Å². The minimum atomic E-state index is -1.13. The molecule has 0 aliphatic rings. The van der Waals surface area contributed by atoms with Crippen LogP contribution in [-0.2, 0) is 41.6 Å². The fraction of sp³-hybridized carbons (Fsp3) is 1.00. The molecular formula is C9H32N2O2Si2Y-. The first kappa shape index (κ1) is 36.0. The van der Waals surface area contributed by atoms with Crippen LogP contribution in [0.2, 0.25) is 26.2 Å². The third kappa shape index (κ3) is 110. The molecule has 4 nitrogen and oxygen atoms in total. The number of hydrogen-bond donors (Lipinski definition) is 1. The molecule has 0 saturated carbocycles. The summed E-state index contributed by atoms with van der Waals surface area (Å²) in [5.41, 5.74) is 10.5. The summed E-state index contributed by atoms with van der Waals surface area (Å²) in [6.45, 7) is 8.52. The summed E-state index contributed by atoms with van der Waals surface area (Å²) in [5.74, 6) is 0. The summed E-state index contributed by atoms with van der Waals surface area (Å²) >= 11 is 0. The predicted octanol–water partition coefficient (Wildman–Crippen LogP) is 2.72. The smallest absolute Gasteiger partial charge is 0.189 e. The van der Waals surface area contributed by atoms with Gasteiger partial charge in [-0.15, -0.1) is 6.67 Å². The summed E-state index contributed by atoms with van der Waals surface area (Å²) in [6.07, 6.45) is 0. The van der Waals surface area contributed by atoms with E-state index in [1.165, 1.54) is 0 Å². The molecule has 0 amide bonds. The van der Waals surface area contributed by atoms with Crippen LogP contribution >= 0.6 is 0 Å². The Balaban J connectivity index is -0.0000000226. The van der Waals surface area contributed by atoms with Crippen LogP contribution in [-0.4, -0.2) is 39.0 Å². The van der Waals surface area contributed by atoms with Crippen LogP contribution in [0.25, 0.3) is 5.73 Å². The average Bonchev–Trinajstić information content (AvgIpc) is 2.05. The van der Waals surface area contributed by atoms with Crippen molar-refractivity contribution in [2.24, 2.45) is 5.73 Å². The molecule has 0 rings (SSSR count). The van der Waals surface area contributed by atoms with Crippen molar-refractivity contribution in [3.05, 3.63) is 5.73 Å². The fourth-order valence-corrected chi connectivity index (χ4v) is 0. The molecule has 7 heteroatoms. The van der Waals surface area contributed by atoms with Crippen LogP contribution in [0.5, 0.6) is 0 Å². The number of nitrogens with two attached hydrogens (primary N) is 1. The van der Waals surface area contributed by atoms with E-state index in [0.717, 1.165) is 0 Å². The van der Waals surface area contributed by atoms with Gasteiger partial charge in [0, 0.05) is 46.9 Å². The summed E-state index contributed by atoms with van der Waals surface area (Å²) in [6, 6.07) is 0. The molecule has 0 aliphatic carbocycles. The van der Waals surface area contributed by atoms with Crippen molar-refractivity contribution in [3.63, 3.8) is 0 Å². The molecule has 3 N–H and O–H groups in total. The molecule has 0 bridgehead atoms. The molecule has 0 heterocycles. The van der Waals surface area contributed by atoms with Gasteiger partial charge in [0.05, 0.1) is 0 Å². The van der Waals surface area contributed by atoms with Crippen molar-refractivity contribution in [1.29, 1.82) is 0 Å². The van der Waals surface area contributed by atoms with Gasteiger partial charge in [-0.25, -0.2) is 0 Å². The van der Waals surface area contributed by atoms with Gasteiger partial charge in [0.2, 0.25) is 0 Å². The molecule has 0 fully saturated rings. The normalized spacial score (nSPS) is 7.50. The molecule has 102 valence electrons. The van der Waals surface area contributed by atoms with E-state index in [2.05, 4.69) is 29.8 Å². The van der Waals surface area contributed by atoms with Gasteiger partial charge in [-0.2, -0.15) is 0 Å². The maximum Gasteiger partial charge on any atom is 0.189 e. The van der Waals surface area contributed by atoms with Crippen LogP contribution in [0.1, 0.15) is 14.9 Å². The second kappa shape index (κ2) is 29.9. The minimum absolute atomic E-state index is 0. The number of rotatable bonds is 2. The quantitative estimate of drug-likeness (QED) is 0.783. The Morgan fingerprint density at radius 1 is 1.19 bits per heavy atom. The van der Waals surface area contributed by atoms with Crippen molar-refractivity contribution in [2.45, 2.75) is 41.0 Å². The van der Waals surface area contributed by atoms with Gasteiger partial charge in [0.25, 0.3) is 0 Å². The van der Waals surface area contributed by atoms with E-state index in [4.69, 9.17) is 10.2 Å². The van der Waals surface area contributed by atoms with Crippen LogP contribution in [0.15, 0.2) is 0 Å². The number of hydrogen-bond acceptors (Lipinski definition) is 3. The van der Waals surface area contributed by atoms with Gasteiger partial charge in [-0.05, 0) is 26.2 Å². The second-order valence-corrected chi connectivity index (χ2v) is 8.57. The van der Waals surface area contributed by atoms with Gasteiger partial charge in [0.1, 0.15) is 0 Å². The van der Waals surface area contributed by atoms with Gasteiger partial charge < -0.3 is 20.3 Å². The molecule has 0 aromatic carbocycles. The SMILES string of the molecule is C.C.CO[SiH]C.CO[Si](C)(C)C.[NH-]CN.[Y]. The zero-order chi connectivity index (χ0) is 11.3. The van der Waals surface area contributed by atoms with E-state index in [1.54, 1.807) is 14.2 Å². The number of nitrogens with one attached hydrogen (secondary N) is 1. The molecule has 0 spiro atoms. The molecule has 0 saturated heterocycles. The standard InChI is InChI=1S/C4H12OSi.C2H7OSi.CH5N2.2CH4.Y/c1-5-6(2,3)4;1-3-4-2;2-1-3;;;/h1-4H3;4H,1-2H3;2H,1,3H2;2*1H4;/q;;-1;;;.